The van der Waals surface area contributed by atoms with E-state index in [9.17, 15) is 0 Å². The second-order valence-electron chi connectivity index (χ2n) is 4.44. The molecule has 1 aromatic carbocycles. The Hall–Kier alpha value is -0.570. The molecule has 0 aliphatic carbocycles. The second kappa shape index (κ2) is 4.52. The number of likely N-dealkylation sites (N-methyl/N-ethyl adjacent to an activating group) is 1. The number of piperidine rings is 1. The van der Waals surface area contributed by atoms with E-state index in [-0.39, 0.29) is 6.04 Å². The molecule has 1 saturated heterocycles. The number of likely N-dealkylation sites (tertiary alicyclic amines) is 1. The Kier molecular flexibility index (Phi) is 3.29. The fraction of sp³-hybridized carbons (Fsp3) is 0.500. The average molecular weight is 225 g/mol. The van der Waals surface area contributed by atoms with Gasteiger partial charge in [-0.1, -0.05) is 29.8 Å². The Bertz CT molecular complexity index is 330. The van der Waals surface area contributed by atoms with Gasteiger partial charge in [-0.15, -0.1) is 0 Å². The molecule has 2 nitrogen and oxygen atoms in total. The van der Waals surface area contributed by atoms with Gasteiger partial charge in [-0.2, -0.15) is 0 Å². The normalized spacial score (nSPS) is 27.9. The number of nitrogens with zero attached hydrogens (tertiary/aromatic N) is 1. The lowest BCUT2D eigenvalue weighted by atomic mass is 9.88. The van der Waals surface area contributed by atoms with Gasteiger partial charge in [0.15, 0.2) is 0 Å². The second-order valence-corrected chi connectivity index (χ2v) is 4.84. The summed E-state index contributed by atoms with van der Waals surface area (Å²) in [5, 5.41) is 0.866. The van der Waals surface area contributed by atoms with Gasteiger partial charge in [0.1, 0.15) is 0 Å². The molecule has 2 unspecified atom stereocenters. The Morgan fingerprint density at radius 2 is 2.07 bits per heavy atom. The van der Waals surface area contributed by atoms with Crippen molar-refractivity contribution in [1.29, 1.82) is 0 Å². The number of nitrogens with two attached hydrogens (primary N) is 1. The monoisotopic (exact) mass is 224 g/mol. The van der Waals surface area contributed by atoms with Crippen LogP contribution >= 0.6 is 11.6 Å². The van der Waals surface area contributed by atoms with E-state index in [1.54, 1.807) is 0 Å². The first-order chi connectivity index (χ1) is 7.16. The molecule has 1 aromatic rings. The summed E-state index contributed by atoms with van der Waals surface area (Å²) in [6.45, 7) is 2.04. The van der Waals surface area contributed by atoms with Crippen molar-refractivity contribution in [3.8, 4) is 0 Å². The summed E-state index contributed by atoms with van der Waals surface area (Å²) >= 11 is 6.19. The number of halogens is 1. The third-order valence-electron chi connectivity index (χ3n) is 3.01. The number of rotatable bonds is 1. The summed E-state index contributed by atoms with van der Waals surface area (Å²) in [7, 11) is 2.11. The quantitative estimate of drug-likeness (QED) is 0.792. The van der Waals surface area contributed by atoms with Crippen LogP contribution < -0.4 is 5.73 Å². The van der Waals surface area contributed by atoms with E-state index in [2.05, 4.69) is 18.0 Å². The number of hydrogen-bond acceptors (Lipinski definition) is 2. The van der Waals surface area contributed by atoms with E-state index in [0.717, 1.165) is 24.5 Å². The topological polar surface area (TPSA) is 29.3 Å². The summed E-state index contributed by atoms with van der Waals surface area (Å²) < 4.78 is 0. The predicted molar refractivity (Wildman–Crippen MR) is 64.3 cm³/mol. The molecule has 3 heteroatoms. The standard InChI is InChI=1S/C12H17ClN2/c1-15-7-9(6-10(14)8-15)11-4-2-3-5-12(11)13/h2-5,9-10H,6-8,14H2,1H3. The summed E-state index contributed by atoms with van der Waals surface area (Å²) in [6, 6.07) is 8.35. The lowest BCUT2D eigenvalue weighted by molar-refractivity contribution is 0.227. The molecule has 0 bridgehead atoms. The van der Waals surface area contributed by atoms with Crippen molar-refractivity contribution < 1.29 is 0 Å². The van der Waals surface area contributed by atoms with Crippen molar-refractivity contribution in [2.75, 3.05) is 20.1 Å². The van der Waals surface area contributed by atoms with E-state index in [1.807, 2.05) is 18.2 Å². The minimum atomic E-state index is 0.269. The molecule has 1 aliphatic rings. The Morgan fingerprint density at radius 1 is 1.33 bits per heavy atom. The zero-order valence-corrected chi connectivity index (χ0v) is 9.74. The molecule has 0 aromatic heterocycles. The van der Waals surface area contributed by atoms with Gasteiger partial charge in [-0.05, 0) is 31.0 Å². The molecule has 2 atom stereocenters. The fourth-order valence-electron chi connectivity index (χ4n) is 2.40. The molecule has 15 heavy (non-hydrogen) atoms. The van der Waals surface area contributed by atoms with Gasteiger partial charge in [0, 0.05) is 24.2 Å². The summed E-state index contributed by atoms with van der Waals surface area (Å²) in [5.74, 6) is 0.479. The zero-order valence-electron chi connectivity index (χ0n) is 8.99. The van der Waals surface area contributed by atoms with Gasteiger partial charge in [-0.3, -0.25) is 0 Å². The fourth-order valence-corrected chi connectivity index (χ4v) is 2.69. The number of benzene rings is 1. The maximum absolute atomic E-state index is 6.19. The lowest BCUT2D eigenvalue weighted by Gasteiger charge is -2.34. The van der Waals surface area contributed by atoms with E-state index < -0.39 is 0 Å². The van der Waals surface area contributed by atoms with Crippen molar-refractivity contribution in [1.82, 2.24) is 4.90 Å². The molecule has 0 saturated carbocycles. The van der Waals surface area contributed by atoms with E-state index >= 15 is 0 Å². The molecular formula is C12H17ClN2. The zero-order chi connectivity index (χ0) is 10.8. The lowest BCUT2D eigenvalue weighted by Crippen LogP contribution is -2.44. The molecule has 2 rings (SSSR count). The number of hydrogen-bond donors (Lipinski definition) is 1. The van der Waals surface area contributed by atoms with Crippen LogP contribution in [0.25, 0.3) is 0 Å². The first-order valence-electron chi connectivity index (χ1n) is 5.35. The minimum absolute atomic E-state index is 0.269. The summed E-state index contributed by atoms with van der Waals surface area (Å²) in [4.78, 5) is 2.28. The van der Waals surface area contributed by atoms with E-state index in [4.69, 9.17) is 17.3 Å². The van der Waals surface area contributed by atoms with Crippen LogP contribution in [0.4, 0.5) is 0 Å². The first-order valence-corrected chi connectivity index (χ1v) is 5.73. The van der Waals surface area contributed by atoms with Crippen LogP contribution in [-0.2, 0) is 0 Å². The molecule has 2 N–H and O–H groups in total. The van der Waals surface area contributed by atoms with Crippen LogP contribution in [0.5, 0.6) is 0 Å². The largest absolute Gasteiger partial charge is 0.327 e. The van der Waals surface area contributed by atoms with Gasteiger partial charge in [0.05, 0.1) is 0 Å². The molecule has 82 valence electrons. The average Bonchev–Trinajstić information content (AvgIpc) is 2.16. The van der Waals surface area contributed by atoms with Crippen LogP contribution in [0.3, 0.4) is 0 Å². The van der Waals surface area contributed by atoms with Crippen LogP contribution in [0.15, 0.2) is 24.3 Å². The molecule has 0 radical (unpaired) electrons. The SMILES string of the molecule is CN1CC(N)CC(c2ccccc2Cl)C1. The molecule has 1 heterocycles. The minimum Gasteiger partial charge on any atom is -0.327 e. The maximum Gasteiger partial charge on any atom is 0.0441 e. The summed E-state index contributed by atoms with van der Waals surface area (Å²) in [6.07, 6.45) is 1.04. The third-order valence-corrected chi connectivity index (χ3v) is 3.35. The van der Waals surface area contributed by atoms with Crippen LogP contribution in [-0.4, -0.2) is 31.1 Å². The van der Waals surface area contributed by atoms with Crippen molar-refractivity contribution in [3.05, 3.63) is 34.9 Å². The van der Waals surface area contributed by atoms with E-state index in [0.29, 0.717) is 5.92 Å². The summed E-state index contributed by atoms with van der Waals surface area (Å²) in [5.41, 5.74) is 7.26. The van der Waals surface area contributed by atoms with Gasteiger partial charge in [0.2, 0.25) is 0 Å². The van der Waals surface area contributed by atoms with Gasteiger partial charge in [-0.25, -0.2) is 0 Å². The van der Waals surface area contributed by atoms with Crippen molar-refractivity contribution in [3.63, 3.8) is 0 Å². The highest BCUT2D eigenvalue weighted by atomic mass is 35.5. The Morgan fingerprint density at radius 3 is 2.73 bits per heavy atom. The highest BCUT2D eigenvalue weighted by Gasteiger charge is 2.25. The molecule has 1 aliphatic heterocycles. The van der Waals surface area contributed by atoms with Crippen LogP contribution in [0.2, 0.25) is 5.02 Å². The molecular weight excluding hydrogens is 208 g/mol. The molecule has 0 spiro atoms. The van der Waals surface area contributed by atoms with Crippen LogP contribution in [0, 0.1) is 0 Å². The van der Waals surface area contributed by atoms with Crippen molar-refractivity contribution in [2.45, 2.75) is 18.4 Å². The van der Waals surface area contributed by atoms with Crippen molar-refractivity contribution in [2.24, 2.45) is 5.73 Å². The van der Waals surface area contributed by atoms with Crippen molar-refractivity contribution >= 4 is 11.6 Å². The first kappa shape index (κ1) is 10.9. The third kappa shape index (κ3) is 2.51. The van der Waals surface area contributed by atoms with Crippen LogP contribution in [0.1, 0.15) is 17.9 Å². The van der Waals surface area contributed by atoms with E-state index in [1.165, 1.54) is 5.56 Å². The highest BCUT2D eigenvalue weighted by molar-refractivity contribution is 6.31. The molecule has 0 amide bonds. The smallest absolute Gasteiger partial charge is 0.0441 e. The Labute approximate surface area is 96.0 Å². The maximum atomic E-state index is 6.19. The van der Waals surface area contributed by atoms with Gasteiger partial charge in [0.25, 0.3) is 0 Å². The van der Waals surface area contributed by atoms with Gasteiger partial charge < -0.3 is 10.6 Å². The van der Waals surface area contributed by atoms with Gasteiger partial charge >= 0.3 is 0 Å². The highest BCUT2D eigenvalue weighted by Crippen LogP contribution is 2.30. The molecule has 1 fully saturated rings. The Balaban J connectivity index is 2.20. The predicted octanol–water partition coefficient (Wildman–Crippen LogP) is 2.09.